The van der Waals surface area contributed by atoms with Crippen molar-refractivity contribution in [1.29, 1.82) is 0 Å². The van der Waals surface area contributed by atoms with Crippen LogP contribution in [-0.2, 0) is 13.0 Å². The summed E-state index contributed by atoms with van der Waals surface area (Å²) in [6, 6.07) is 27.7. The third-order valence-corrected chi connectivity index (χ3v) is 4.46. The van der Waals surface area contributed by atoms with E-state index in [1.807, 2.05) is 73.7 Å². The SMILES string of the molecule is CC(CCc1ccccc1)NC(=O)c1ccccc1OCc1ccccc1. The van der Waals surface area contributed by atoms with Gasteiger partial charge in [0.25, 0.3) is 5.91 Å². The minimum atomic E-state index is -0.0979. The van der Waals surface area contributed by atoms with Crippen molar-refractivity contribution in [1.82, 2.24) is 5.32 Å². The van der Waals surface area contributed by atoms with Crippen LogP contribution in [0.3, 0.4) is 0 Å². The van der Waals surface area contributed by atoms with E-state index < -0.39 is 0 Å². The summed E-state index contributed by atoms with van der Waals surface area (Å²) >= 11 is 0. The molecule has 1 atom stereocenters. The lowest BCUT2D eigenvalue weighted by Gasteiger charge is -2.16. The minimum Gasteiger partial charge on any atom is -0.488 e. The lowest BCUT2D eigenvalue weighted by Crippen LogP contribution is -2.33. The van der Waals surface area contributed by atoms with Gasteiger partial charge in [0, 0.05) is 6.04 Å². The zero-order valence-electron chi connectivity index (χ0n) is 15.6. The number of benzene rings is 3. The number of carbonyl (C=O) groups excluding carboxylic acids is 1. The lowest BCUT2D eigenvalue weighted by molar-refractivity contribution is 0.0934. The molecule has 0 spiro atoms. The number of amides is 1. The molecule has 1 N–H and O–H groups in total. The maximum Gasteiger partial charge on any atom is 0.255 e. The first-order chi connectivity index (χ1) is 13.2. The van der Waals surface area contributed by atoms with Crippen LogP contribution in [0.15, 0.2) is 84.9 Å². The second kappa shape index (κ2) is 9.58. The molecule has 3 heteroatoms. The van der Waals surface area contributed by atoms with Crippen LogP contribution in [0, 0.1) is 0 Å². The Kier molecular flexibility index (Phi) is 6.64. The molecule has 0 aromatic heterocycles. The molecule has 0 saturated carbocycles. The Labute approximate surface area is 161 Å². The molecule has 3 aromatic rings. The number of hydrogen-bond acceptors (Lipinski definition) is 2. The van der Waals surface area contributed by atoms with E-state index in [0.717, 1.165) is 18.4 Å². The van der Waals surface area contributed by atoms with E-state index in [2.05, 4.69) is 17.4 Å². The van der Waals surface area contributed by atoms with Gasteiger partial charge in [-0.05, 0) is 43.0 Å². The fourth-order valence-electron chi connectivity index (χ4n) is 2.92. The summed E-state index contributed by atoms with van der Waals surface area (Å²) in [5, 5.41) is 3.09. The summed E-state index contributed by atoms with van der Waals surface area (Å²) in [6.07, 6.45) is 1.83. The van der Waals surface area contributed by atoms with Crippen molar-refractivity contribution in [2.45, 2.75) is 32.4 Å². The molecule has 3 nitrogen and oxygen atoms in total. The van der Waals surface area contributed by atoms with Crippen LogP contribution in [0.2, 0.25) is 0 Å². The zero-order valence-corrected chi connectivity index (χ0v) is 15.6. The van der Waals surface area contributed by atoms with E-state index in [1.165, 1.54) is 5.56 Å². The first-order valence-electron chi connectivity index (χ1n) is 9.33. The van der Waals surface area contributed by atoms with Crippen LogP contribution < -0.4 is 10.1 Å². The highest BCUT2D eigenvalue weighted by Gasteiger charge is 2.14. The number of carbonyl (C=O) groups is 1. The summed E-state index contributed by atoms with van der Waals surface area (Å²) < 4.78 is 5.89. The van der Waals surface area contributed by atoms with Gasteiger partial charge < -0.3 is 10.1 Å². The van der Waals surface area contributed by atoms with Gasteiger partial charge in [-0.1, -0.05) is 72.8 Å². The van der Waals surface area contributed by atoms with E-state index >= 15 is 0 Å². The van der Waals surface area contributed by atoms with E-state index in [1.54, 1.807) is 6.07 Å². The standard InChI is InChI=1S/C24H25NO2/c1-19(16-17-20-10-4-2-5-11-20)25-24(26)22-14-8-9-15-23(22)27-18-21-12-6-3-7-13-21/h2-15,19H,16-18H2,1H3,(H,25,26). The Balaban J connectivity index is 1.57. The van der Waals surface area contributed by atoms with Gasteiger partial charge in [-0.3, -0.25) is 4.79 Å². The van der Waals surface area contributed by atoms with Crippen molar-refractivity contribution in [2.75, 3.05) is 0 Å². The Morgan fingerprint density at radius 3 is 2.15 bits per heavy atom. The number of ether oxygens (including phenoxy) is 1. The summed E-state index contributed by atoms with van der Waals surface area (Å²) in [7, 11) is 0. The van der Waals surface area contributed by atoms with Gasteiger partial charge in [0.05, 0.1) is 5.56 Å². The van der Waals surface area contributed by atoms with Crippen LogP contribution >= 0.6 is 0 Å². The van der Waals surface area contributed by atoms with Crippen molar-refractivity contribution >= 4 is 5.91 Å². The molecule has 0 aliphatic heterocycles. The average Bonchev–Trinajstić information content (AvgIpc) is 2.72. The maximum atomic E-state index is 12.7. The molecule has 0 bridgehead atoms. The van der Waals surface area contributed by atoms with Gasteiger partial charge in [-0.2, -0.15) is 0 Å². The van der Waals surface area contributed by atoms with Crippen LogP contribution in [-0.4, -0.2) is 11.9 Å². The Morgan fingerprint density at radius 2 is 1.44 bits per heavy atom. The maximum absolute atomic E-state index is 12.7. The van der Waals surface area contributed by atoms with Gasteiger partial charge in [0.15, 0.2) is 0 Å². The molecule has 0 saturated heterocycles. The molecule has 0 radical (unpaired) electrons. The zero-order chi connectivity index (χ0) is 18.9. The van der Waals surface area contributed by atoms with E-state index in [4.69, 9.17) is 4.74 Å². The summed E-state index contributed by atoms with van der Waals surface area (Å²) in [5.74, 6) is 0.508. The monoisotopic (exact) mass is 359 g/mol. The molecule has 3 aromatic carbocycles. The highest BCUT2D eigenvalue weighted by Crippen LogP contribution is 2.20. The van der Waals surface area contributed by atoms with Crippen molar-refractivity contribution < 1.29 is 9.53 Å². The Bertz CT molecular complexity index is 847. The molecular formula is C24H25NO2. The molecule has 0 aliphatic rings. The van der Waals surface area contributed by atoms with E-state index in [0.29, 0.717) is 17.9 Å². The highest BCUT2D eigenvalue weighted by atomic mass is 16.5. The van der Waals surface area contributed by atoms with Gasteiger partial charge >= 0.3 is 0 Å². The first kappa shape index (κ1) is 18.7. The van der Waals surface area contributed by atoms with Gasteiger partial charge in [0.1, 0.15) is 12.4 Å². The molecular weight excluding hydrogens is 334 g/mol. The smallest absolute Gasteiger partial charge is 0.255 e. The number of hydrogen-bond donors (Lipinski definition) is 1. The molecule has 0 heterocycles. The predicted molar refractivity (Wildman–Crippen MR) is 109 cm³/mol. The van der Waals surface area contributed by atoms with Crippen LogP contribution in [0.5, 0.6) is 5.75 Å². The predicted octanol–water partition coefficient (Wildman–Crippen LogP) is 5.02. The quantitative estimate of drug-likeness (QED) is 0.613. The number of nitrogens with one attached hydrogen (secondary N) is 1. The minimum absolute atomic E-state index is 0.0832. The van der Waals surface area contributed by atoms with Gasteiger partial charge in [-0.15, -0.1) is 0 Å². The lowest BCUT2D eigenvalue weighted by atomic mass is 10.1. The Morgan fingerprint density at radius 1 is 0.852 bits per heavy atom. The van der Waals surface area contributed by atoms with Crippen molar-refractivity contribution in [3.8, 4) is 5.75 Å². The van der Waals surface area contributed by atoms with Crippen LogP contribution in [0.25, 0.3) is 0 Å². The van der Waals surface area contributed by atoms with Crippen molar-refractivity contribution in [3.05, 3.63) is 102 Å². The summed E-state index contributed by atoms with van der Waals surface area (Å²) in [5.41, 5.74) is 2.93. The molecule has 1 amide bonds. The number of aryl methyl sites for hydroxylation is 1. The average molecular weight is 359 g/mol. The Hall–Kier alpha value is -3.07. The van der Waals surface area contributed by atoms with Gasteiger partial charge in [0.2, 0.25) is 0 Å². The second-order valence-electron chi connectivity index (χ2n) is 6.67. The largest absolute Gasteiger partial charge is 0.488 e. The number of rotatable bonds is 8. The van der Waals surface area contributed by atoms with E-state index in [9.17, 15) is 4.79 Å². The molecule has 0 fully saturated rings. The molecule has 27 heavy (non-hydrogen) atoms. The summed E-state index contributed by atoms with van der Waals surface area (Å²) in [6.45, 7) is 2.48. The van der Waals surface area contributed by atoms with Gasteiger partial charge in [-0.25, -0.2) is 0 Å². The molecule has 3 rings (SSSR count). The third-order valence-electron chi connectivity index (χ3n) is 4.46. The second-order valence-corrected chi connectivity index (χ2v) is 6.67. The fraction of sp³-hybridized carbons (Fsp3) is 0.208. The number of para-hydroxylation sites is 1. The fourth-order valence-corrected chi connectivity index (χ4v) is 2.92. The molecule has 1 unspecified atom stereocenters. The van der Waals surface area contributed by atoms with Crippen molar-refractivity contribution in [2.24, 2.45) is 0 Å². The third kappa shape index (κ3) is 5.71. The van der Waals surface area contributed by atoms with Crippen LogP contribution in [0.4, 0.5) is 0 Å². The summed E-state index contributed by atoms with van der Waals surface area (Å²) in [4.78, 5) is 12.7. The topological polar surface area (TPSA) is 38.3 Å². The van der Waals surface area contributed by atoms with E-state index in [-0.39, 0.29) is 11.9 Å². The highest BCUT2D eigenvalue weighted by molar-refractivity contribution is 5.97. The molecule has 0 aliphatic carbocycles. The van der Waals surface area contributed by atoms with Crippen molar-refractivity contribution in [3.63, 3.8) is 0 Å². The van der Waals surface area contributed by atoms with Crippen LogP contribution in [0.1, 0.15) is 34.8 Å². The first-order valence-corrected chi connectivity index (χ1v) is 9.33. The normalized spacial score (nSPS) is 11.6. The molecule has 138 valence electrons.